The number of amides is 1. The van der Waals surface area contributed by atoms with Crippen molar-refractivity contribution in [3.8, 4) is 0 Å². The summed E-state index contributed by atoms with van der Waals surface area (Å²) in [5.74, 6) is -0.0455. The molecule has 0 radical (unpaired) electrons. The first-order valence-corrected chi connectivity index (χ1v) is 9.89. The van der Waals surface area contributed by atoms with E-state index in [-0.39, 0.29) is 5.91 Å². The zero-order valence-electron chi connectivity index (χ0n) is 15.5. The zero-order chi connectivity index (χ0) is 18.8. The average molecular weight is 379 g/mol. The first-order valence-electron chi connectivity index (χ1n) is 9.02. The van der Waals surface area contributed by atoms with E-state index in [1.165, 1.54) is 5.56 Å². The summed E-state index contributed by atoms with van der Waals surface area (Å²) in [5.41, 5.74) is 5.09. The molecule has 4 rings (SSSR count). The van der Waals surface area contributed by atoms with Gasteiger partial charge < -0.3 is 9.88 Å². The number of thiophene rings is 1. The second-order valence-corrected chi connectivity index (χ2v) is 7.63. The summed E-state index contributed by atoms with van der Waals surface area (Å²) < 4.78 is 5.16. The molecule has 0 saturated carbocycles. The third-order valence-electron chi connectivity index (χ3n) is 4.65. The van der Waals surface area contributed by atoms with Gasteiger partial charge >= 0.3 is 0 Å². The van der Waals surface area contributed by atoms with Crippen LogP contribution in [-0.2, 0) is 13.1 Å². The van der Waals surface area contributed by atoms with Crippen molar-refractivity contribution in [1.82, 2.24) is 19.7 Å². The summed E-state index contributed by atoms with van der Waals surface area (Å²) in [4.78, 5) is 12.8. The molecule has 0 saturated heterocycles. The van der Waals surface area contributed by atoms with Gasteiger partial charge in [0.1, 0.15) is 5.69 Å². The zero-order valence-corrected chi connectivity index (χ0v) is 16.3. The number of nitrogens with one attached hydrogen (secondary N) is 1. The van der Waals surface area contributed by atoms with Crippen molar-refractivity contribution in [2.75, 3.05) is 6.54 Å². The van der Waals surface area contributed by atoms with Crippen LogP contribution in [0.15, 0.2) is 53.9 Å². The van der Waals surface area contributed by atoms with Crippen LogP contribution in [0.3, 0.4) is 0 Å². The lowest BCUT2D eigenvalue weighted by Crippen LogP contribution is -2.29. The molecule has 3 aromatic heterocycles. The number of carbonyl (C=O) groups is 1. The molecule has 27 heavy (non-hydrogen) atoms. The summed E-state index contributed by atoms with van der Waals surface area (Å²) in [6, 6.07) is 16.3. The molecule has 0 unspecified atom stereocenters. The van der Waals surface area contributed by atoms with E-state index < -0.39 is 0 Å². The Labute approximate surface area is 162 Å². The lowest BCUT2D eigenvalue weighted by Gasteiger charge is -2.11. The van der Waals surface area contributed by atoms with E-state index in [1.807, 2.05) is 48.9 Å². The molecule has 0 bridgehead atoms. The van der Waals surface area contributed by atoms with Crippen molar-refractivity contribution < 1.29 is 4.79 Å². The fraction of sp³-hybridized carbons (Fsp3) is 0.238. The molecule has 138 valence electrons. The third-order valence-corrected chi connectivity index (χ3v) is 5.50. The molecule has 1 aromatic carbocycles. The minimum Gasteiger partial charge on any atom is -0.349 e. The Morgan fingerprint density at radius 2 is 1.96 bits per heavy atom. The van der Waals surface area contributed by atoms with Crippen LogP contribution < -0.4 is 5.32 Å². The van der Waals surface area contributed by atoms with Crippen LogP contribution in [0.5, 0.6) is 0 Å². The van der Waals surface area contributed by atoms with E-state index in [0.717, 1.165) is 21.6 Å². The van der Waals surface area contributed by atoms with Gasteiger partial charge in [-0.05, 0) is 43.0 Å². The van der Waals surface area contributed by atoms with Crippen LogP contribution >= 0.6 is 11.3 Å². The summed E-state index contributed by atoms with van der Waals surface area (Å²) in [5, 5.41) is 9.55. The van der Waals surface area contributed by atoms with Crippen molar-refractivity contribution in [3.05, 3.63) is 76.6 Å². The lowest BCUT2D eigenvalue weighted by atomic mass is 10.2. The van der Waals surface area contributed by atoms with Crippen LogP contribution in [-0.4, -0.2) is 26.8 Å². The number of benzene rings is 1. The van der Waals surface area contributed by atoms with Gasteiger partial charge in [-0.25, -0.2) is 0 Å². The van der Waals surface area contributed by atoms with Crippen LogP contribution in [0.2, 0.25) is 0 Å². The number of aromatic nitrogens is 3. The van der Waals surface area contributed by atoms with Gasteiger partial charge in [0, 0.05) is 18.8 Å². The first-order chi connectivity index (χ1) is 13.1. The summed E-state index contributed by atoms with van der Waals surface area (Å²) in [7, 11) is 0. The van der Waals surface area contributed by atoms with Crippen molar-refractivity contribution in [2.45, 2.75) is 26.9 Å². The van der Waals surface area contributed by atoms with Crippen LogP contribution in [0.1, 0.15) is 27.4 Å². The molecule has 3 heterocycles. The summed E-state index contributed by atoms with van der Waals surface area (Å²) >= 11 is 1.66. The van der Waals surface area contributed by atoms with Crippen LogP contribution in [0.25, 0.3) is 10.2 Å². The van der Waals surface area contributed by atoms with Crippen molar-refractivity contribution in [2.24, 2.45) is 0 Å². The largest absolute Gasteiger partial charge is 0.349 e. The molecule has 0 aliphatic carbocycles. The Hall–Kier alpha value is -2.86. The molecule has 0 fully saturated rings. The number of hydrogen-bond acceptors (Lipinski definition) is 3. The molecule has 6 heteroatoms. The first kappa shape index (κ1) is 17.5. The van der Waals surface area contributed by atoms with Crippen molar-refractivity contribution >= 4 is 27.5 Å². The van der Waals surface area contributed by atoms with E-state index in [9.17, 15) is 4.79 Å². The van der Waals surface area contributed by atoms with Gasteiger partial charge in [-0.3, -0.25) is 9.48 Å². The SMILES string of the molecule is Cc1cc(C)n(CCNC(=O)c2cc3sccc3n2Cc2ccccc2)n1. The van der Waals surface area contributed by atoms with Gasteiger partial charge in [-0.1, -0.05) is 30.3 Å². The van der Waals surface area contributed by atoms with Gasteiger partial charge in [0.25, 0.3) is 5.91 Å². The van der Waals surface area contributed by atoms with Crippen LogP contribution in [0, 0.1) is 13.8 Å². The monoisotopic (exact) mass is 378 g/mol. The predicted molar refractivity (Wildman–Crippen MR) is 109 cm³/mol. The Balaban J connectivity index is 1.52. The second kappa shape index (κ2) is 7.40. The van der Waals surface area contributed by atoms with Gasteiger partial charge in [-0.2, -0.15) is 5.10 Å². The molecule has 4 aromatic rings. The summed E-state index contributed by atoms with van der Waals surface area (Å²) in [6.45, 7) is 5.90. The molecular formula is C21H22N4OS. The standard InChI is InChI=1S/C21H22N4OS/c1-15-12-16(2)25(23-15)10-9-22-21(26)19-13-20-18(8-11-27-20)24(19)14-17-6-4-3-5-7-17/h3-8,11-13H,9-10,14H2,1-2H3,(H,22,26). The minimum absolute atomic E-state index is 0.0455. The van der Waals surface area contributed by atoms with Crippen molar-refractivity contribution in [1.29, 1.82) is 0 Å². The number of hydrogen-bond donors (Lipinski definition) is 1. The molecule has 1 N–H and O–H groups in total. The number of aryl methyl sites for hydroxylation is 2. The molecule has 5 nitrogen and oxygen atoms in total. The Morgan fingerprint density at radius 1 is 1.15 bits per heavy atom. The molecular weight excluding hydrogens is 356 g/mol. The average Bonchev–Trinajstić information content (AvgIpc) is 3.32. The normalized spacial score (nSPS) is 11.2. The molecule has 0 aliphatic heterocycles. The fourth-order valence-electron chi connectivity index (χ4n) is 3.37. The van der Waals surface area contributed by atoms with E-state index in [0.29, 0.717) is 25.3 Å². The van der Waals surface area contributed by atoms with Gasteiger partial charge in [0.2, 0.25) is 0 Å². The maximum atomic E-state index is 12.8. The van der Waals surface area contributed by atoms with Crippen molar-refractivity contribution in [3.63, 3.8) is 0 Å². The van der Waals surface area contributed by atoms with Gasteiger partial charge in [-0.15, -0.1) is 11.3 Å². The van der Waals surface area contributed by atoms with E-state index in [1.54, 1.807) is 11.3 Å². The topological polar surface area (TPSA) is 51.9 Å². The smallest absolute Gasteiger partial charge is 0.268 e. The van der Waals surface area contributed by atoms with Gasteiger partial charge in [0.15, 0.2) is 0 Å². The number of carbonyl (C=O) groups excluding carboxylic acids is 1. The predicted octanol–water partition coefficient (Wildman–Crippen LogP) is 3.99. The Morgan fingerprint density at radius 3 is 2.70 bits per heavy atom. The minimum atomic E-state index is -0.0455. The summed E-state index contributed by atoms with van der Waals surface area (Å²) in [6.07, 6.45) is 0. The fourth-order valence-corrected chi connectivity index (χ4v) is 4.19. The number of nitrogens with zero attached hydrogens (tertiary/aromatic N) is 3. The third kappa shape index (κ3) is 3.66. The van der Waals surface area contributed by atoms with E-state index in [4.69, 9.17) is 0 Å². The number of rotatable bonds is 6. The molecule has 0 spiro atoms. The Kier molecular flexibility index (Phi) is 4.81. The Bertz CT molecular complexity index is 1070. The highest BCUT2D eigenvalue weighted by Gasteiger charge is 2.16. The number of fused-ring (bicyclic) bond motifs is 1. The quantitative estimate of drug-likeness (QED) is 0.551. The van der Waals surface area contributed by atoms with Gasteiger partial charge in [0.05, 0.1) is 22.5 Å². The molecule has 1 amide bonds. The van der Waals surface area contributed by atoms with E-state index >= 15 is 0 Å². The highest BCUT2D eigenvalue weighted by atomic mass is 32.1. The highest BCUT2D eigenvalue weighted by molar-refractivity contribution is 7.17. The highest BCUT2D eigenvalue weighted by Crippen LogP contribution is 2.26. The maximum absolute atomic E-state index is 12.8. The van der Waals surface area contributed by atoms with Crippen LogP contribution in [0.4, 0.5) is 0 Å². The lowest BCUT2D eigenvalue weighted by molar-refractivity contribution is 0.0943. The molecule has 0 aliphatic rings. The second-order valence-electron chi connectivity index (χ2n) is 6.68. The molecule has 0 atom stereocenters. The maximum Gasteiger partial charge on any atom is 0.268 e. The van der Waals surface area contributed by atoms with E-state index in [2.05, 4.69) is 38.6 Å².